The smallest absolute Gasteiger partial charge is 0.227 e. The SMILES string of the molecule is c1ccc(N2CCN(c3nnns3)CC2)cc1. The van der Waals surface area contributed by atoms with Crippen molar-refractivity contribution in [2.45, 2.75) is 0 Å². The van der Waals surface area contributed by atoms with Crippen molar-refractivity contribution in [3.8, 4) is 0 Å². The summed E-state index contributed by atoms with van der Waals surface area (Å²) in [6.45, 7) is 3.99. The molecule has 1 aromatic carbocycles. The average Bonchev–Trinajstić information content (AvgIpc) is 2.94. The van der Waals surface area contributed by atoms with Crippen molar-refractivity contribution in [2.75, 3.05) is 36.0 Å². The van der Waals surface area contributed by atoms with E-state index < -0.39 is 0 Å². The summed E-state index contributed by atoms with van der Waals surface area (Å²) in [7, 11) is 0. The third-order valence-corrected chi connectivity index (χ3v) is 3.62. The van der Waals surface area contributed by atoms with Crippen LogP contribution in [0, 0.1) is 0 Å². The predicted octanol–water partition coefficient (Wildman–Crippen LogP) is 1.26. The van der Waals surface area contributed by atoms with Crippen LogP contribution in [0.2, 0.25) is 0 Å². The van der Waals surface area contributed by atoms with E-state index >= 15 is 0 Å². The highest BCUT2D eigenvalue weighted by Gasteiger charge is 2.19. The molecule has 1 aromatic heterocycles. The fourth-order valence-electron chi connectivity index (χ4n) is 2.05. The predicted molar refractivity (Wildman–Crippen MR) is 68.6 cm³/mol. The molecule has 1 aliphatic heterocycles. The van der Waals surface area contributed by atoms with Crippen molar-refractivity contribution in [1.82, 2.24) is 14.8 Å². The first-order valence-electron chi connectivity index (χ1n) is 5.63. The van der Waals surface area contributed by atoms with E-state index in [1.54, 1.807) is 0 Å². The third-order valence-electron chi connectivity index (χ3n) is 2.96. The molecule has 2 heterocycles. The second-order valence-electron chi connectivity index (χ2n) is 3.95. The Bertz CT molecular complexity index is 450. The monoisotopic (exact) mass is 247 g/mol. The molecule has 88 valence electrons. The van der Waals surface area contributed by atoms with Crippen molar-refractivity contribution in [3.63, 3.8) is 0 Å². The fraction of sp³-hybridized carbons (Fsp3) is 0.364. The highest BCUT2D eigenvalue weighted by Crippen LogP contribution is 2.19. The van der Waals surface area contributed by atoms with Gasteiger partial charge in [0.25, 0.3) is 0 Å². The maximum atomic E-state index is 4.00. The van der Waals surface area contributed by atoms with Crippen LogP contribution in [-0.2, 0) is 0 Å². The van der Waals surface area contributed by atoms with Crippen LogP contribution in [0.1, 0.15) is 0 Å². The number of hydrogen-bond acceptors (Lipinski definition) is 6. The Hall–Kier alpha value is -1.69. The molecule has 3 rings (SSSR count). The molecule has 6 heteroatoms. The first-order chi connectivity index (χ1) is 8.43. The molecule has 0 saturated carbocycles. The molecule has 1 aliphatic rings. The lowest BCUT2D eigenvalue weighted by molar-refractivity contribution is 0.649. The van der Waals surface area contributed by atoms with E-state index in [4.69, 9.17) is 0 Å². The summed E-state index contributed by atoms with van der Waals surface area (Å²) in [4.78, 5) is 4.63. The molecular formula is C11H13N5S. The third kappa shape index (κ3) is 2.21. The lowest BCUT2D eigenvalue weighted by atomic mass is 10.2. The summed E-state index contributed by atoms with van der Waals surface area (Å²) in [6.07, 6.45) is 0. The van der Waals surface area contributed by atoms with E-state index in [0.717, 1.165) is 31.3 Å². The molecule has 0 atom stereocenters. The van der Waals surface area contributed by atoms with Crippen LogP contribution in [-0.4, -0.2) is 41.0 Å². The fourth-order valence-corrected chi connectivity index (χ4v) is 2.56. The molecular weight excluding hydrogens is 234 g/mol. The molecule has 0 bridgehead atoms. The minimum absolute atomic E-state index is 0.928. The number of rotatable bonds is 2. The van der Waals surface area contributed by atoms with Gasteiger partial charge in [-0.05, 0) is 17.3 Å². The van der Waals surface area contributed by atoms with Gasteiger partial charge in [-0.2, -0.15) is 0 Å². The van der Waals surface area contributed by atoms with Crippen LogP contribution in [0.3, 0.4) is 0 Å². The molecule has 5 nitrogen and oxygen atoms in total. The second-order valence-corrected chi connectivity index (χ2v) is 4.67. The van der Waals surface area contributed by atoms with Gasteiger partial charge in [-0.15, -0.1) is 0 Å². The summed E-state index contributed by atoms with van der Waals surface area (Å²) in [5.74, 6) is 0. The largest absolute Gasteiger partial charge is 0.368 e. The number of para-hydroxylation sites is 1. The number of nitrogens with zero attached hydrogens (tertiary/aromatic N) is 5. The minimum Gasteiger partial charge on any atom is -0.368 e. The van der Waals surface area contributed by atoms with E-state index in [0.29, 0.717) is 0 Å². The Kier molecular flexibility index (Phi) is 2.87. The van der Waals surface area contributed by atoms with Crippen LogP contribution in [0.25, 0.3) is 0 Å². The Morgan fingerprint density at radius 3 is 2.29 bits per heavy atom. The first kappa shape index (κ1) is 10.5. The van der Waals surface area contributed by atoms with E-state index in [-0.39, 0.29) is 0 Å². The van der Waals surface area contributed by atoms with E-state index in [1.165, 1.54) is 17.2 Å². The number of anilines is 2. The molecule has 0 amide bonds. The summed E-state index contributed by atoms with van der Waals surface area (Å²) in [6, 6.07) is 10.5. The Morgan fingerprint density at radius 1 is 0.941 bits per heavy atom. The molecule has 1 fully saturated rings. The normalized spacial score (nSPS) is 16.2. The van der Waals surface area contributed by atoms with Crippen LogP contribution >= 0.6 is 11.5 Å². The molecule has 0 spiro atoms. The van der Waals surface area contributed by atoms with Gasteiger partial charge in [-0.1, -0.05) is 27.8 Å². The number of benzene rings is 1. The highest BCUT2D eigenvalue weighted by molar-refractivity contribution is 7.09. The summed E-state index contributed by atoms with van der Waals surface area (Å²) in [5.41, 5.74) is 1.29. The molecule has 0 radical (unpaired) electrons. The van der Waals surface area contributed by atoms with E-state index in [9.17, 15) is 0 Å². The van der Waals surface area contributed by atoms with Crippen LogP contribution in [0.5, 0.6) is 0 Å². The number of aromatic nitrogens is 3. The highest BCUT2D eigenvalue weighted by atomic mass is 32.1. The van der Waals surface area contributed by atoms with Crippen molar-refractivity contribution in [3.05, 3.63) is 30.3 Å². The van der Waals surface area contributed by atoms with Gasteiger partial charge in [0.15, 0.2) is 0 Å². The second kappa shape index (κ2) is 4.67. The molecule has 2 aromatic rings. The summed E-state index contributed by atoms with van der Waals surface area (Å²) in [5, 5.41) is 8.57. The molecule has 0 aliphatic carbocycles. The van der Waals surface area contributed by atoms with Gasteiger partial charge in [0.1, 0.15) is 0 Å². The lowest BCUT2D eigenvalue weighted by Crippen LogP contribution is -2.46. The molecule has 1 saturated heterocycles. The summed E-state index contributed by atoms with van der Waals surface area (Å²) >= 11 is 1.36. The van der Waals surface area contributed by atoms with Crippen molar-refractivity contribution in [1.29, 1.82) is 0 Å². The number of hydrogen-bond donors (Lipinski definition) is 0. The van der Waals surface area contributed by atoms with E-state index in [1.807, 2.05) is 6.07 Å². The standard InChI is InChI=1S/C11H13N5S/c1-2-4-10(5-3-1)15-6-8-16(9-7-15)11-12-13-14-17-11/h1-5H,6-9H2. The molecule has 0 N–H and O–H groups in total. The van der Waals surface area contributed by atoms with Gasteiger partial charge in [-0.25, -0.2) is 0 Å². The van der Waals surface area contributed by atoms with Crippen LogP contribution in [0.15, 0.2) is 30.3 Å². The van der Waals surface area contributed by atoms with Crippen molar-refractivity contribution in [2.24, 2.45) is 0 Å². The Balaban J connectivity index is 1.65. The van der Waals surface area contributed by atoms with Crippen molar-refractivity contribution >= 4 is 22.4 Å². The van der Waals surface area contributed by atoms with Gasteiger partial charge < -0.3 is 9.80 Å². The zero-order valence-corrected chi connectivity index (χ0v) is 10.2. The quantitative estimate of drug-likeness (QED) is 0.799. The maximum Gasteiger partial charge on any atom is 0.227 e. The van der Waals surface area contributed by atoms with Crippen molar-refractivity contribution < 1.29 is 0 Å². The van der Waals surface area contributed by atoms with Gasteiger partial charge in [-0.3, -0.25) is 0 Å². The lowest BCUT2D eigenvalue weighted by Gasteiger charge is -2.35. The minimum atomic E-state index is 0.928. The van der Waals surface area contributed by atoms with Gasteiger partial charge in [0.2, 0.25) is 5.13 Å². The van der Waals surface area contributed by atoms with Gasteiger partial charge >= 0.3 is 0 Å². The van der Waals surface area contributed by atoms with E-state index in [2.05, 4.69) is 48.9 Å². The molecule has 17 heavy (non-hydrogen) atoms. The van der Waals surface area contributed by atoms with Crippen LogP contribution < -0.4 is 9.80 Å². The average molecular weight is 247 g/mol. The molecule has 0 unspecified atom stereocenters. The zero-order chi connectivity index (χ0) is 11.5. The summed E-state index contributed by atoms with van der Waals surface area (Å²) < 4.78 is 3.80. The zero-order valence-electron chi connectivity index (χ0n) is 9.36. The Morgan fingerprint density at radius 2 is 1.65 bits per heavy atom. The maximum absolute atomic E-state index is 4.00. The number of piperazine rings is 1. The van der Waals surface area contributed by atoms with Gasteiger partial charge in [0, 0.05) is 43.4 Å². The Labute approximate surface area is 104 Å². The van der Waals surface area contributed by atoms with Gasteiger partial charge in [0.05, 0.1) is 0 Å². The topological polar surface area (TPSA) is 45.2 Å². The first-order valence-corrected chi connectivity index (χ1v) is 6.41. The van der Waals surface area contributed by atoms with Crippen LogP contribution in [0.4, 0.5) is 10.8 Å².